The Morgan fingerprint density at radius 3 is 2.78 bits per heavy atom. The lowest BCUT2D eigenvalue weighted by molar-refractivity contribution is 0.383. The van der Waals surface area contributed by atoms with E-state index in [1.54, 1.807) is 30.5 Å². The van der Waals surface area contributed by atoms with Gasteiger partial charge in [-0.1, -0.05) is 12.5 Å². The summed E-state index contributed by atoms with van der Waals surface area (Å²) in [5.74, 6) is 0.548. The minimum absolute atomic E-state index is 0.0551. The summed E-state index contributed by atoms with van der Waals surface area (Å²) in [5.41, 5.74) is 1.44. The number of sulfonamides is 1. The third kappa shape index (κ3) is 3.80. The lowest BCUT2D eigenvalue weighted by atomic mass is 9.94. The van der Waals surface area contributed by atoms with Crippen LogP contribution in [0.25, 0.3) is 0 Å². The van der Waals surface area contributed by atoms with Crippen molar-refractivity contribution in [1.82, 2.24) is 14.7 Å². The monoisotopic (exact) mass is 352 g/mol. The zero-order valence-corrected chi connectivity index (χ0v) is 14.2. The smallest absolute Gasteiger partial charge is 0.240 e. The Hall–Kier alpha value is -1.70. The summed E-state index contributed by atoms with van der Waals surface area (Å²) < 4.78 is 27.5. The number of nitrogens with zero attached hydrogens (tertiary/aromatic N) is 2. The van der Waals surface area contributed by atoms with Crippen LogP contribution in [0.5, 0.6) is 0 Å². The SMILES string of the molecule is Cc1cnc(Cl)nc1Nc1cccc(S(=O)(=O)NC2CCC2)c1. The summed E-state index contributed by atoms with van der Waals surface area (Å²) in [6, 6.07) is 6.68. The number of anilines is 2. The van der Waals surface area contributed by atoms with E-state index in [1.807, 2.05) is 6.92 Å². The molecule has 23 heavy (non-hydrogen) atoms. The van der Waals surface area contributed by atoms with E-state index in [2.05, 4.69) is 20.0 Å². The highest BCUT2D eigenvalue weighted by molar-refractivity contribution is 7.89. The summed E-state index contributed by atoms with van der Waals surface area (Å²) in [6.07, 6.45) is 4.48. The molecule has 8 heteroatoms. The molecular weight excluding hydrogens is 336 g/mol. The topological polar surface area (TPSA) is 84.0 Å². The molecule has 1 aliphatic rings. The summed E-state index contributed by atoms with van der Waals surface area (Å²) in [5, 5.41) is 3.21. The van der Waals surface area contributed by atoms with Crippen LogP contribution in [0.2, 0.25) is 5.28 Å². The first-order chi connectivity index (χ1) is 10.9. The van der Waals surface area contributed by atoms with Crippen LogP contribution in [0.3, 0.4) is 0 Å². The van der Waals surface area contributed by atoms with Crippen molar-refractivity contribution in [3.05, 3.63) is 41.3 Å². The molecule has 1 saturated carbocycles. The van der Waals surface area contributed by atoms with Crippen molar-refractivity contribution in [3.63, 3.8) is 0 Å². The van der Waals surface area contributed by atoms with Crippen LogP contribution in [0.1, 0.15) is 24.8 Å². The van der Waals surface area contributed by atoms with Crippen LogP contribution in [-0.4, -0.2) is 24.4 Å². The normalized spacial score (nSPS) is 15.2. The van der Waals surface area contributed by atoms with Crippen molar-refractivity contribution in [1.29, 1.82) is 0 Å². The zero-order valence-electron chi connectivity index (χ0n) is 12.6. The fraction of sp³-hybridized carbons (Fsp3) is 0.333. The van der Waals surface area contributed by atoms with Gasteiger partial charge in [0.15, 0.2) is 0 Å². The molecule has 0 amide bonds. The molecule has 2 aromatic rings. The predicted molar refractivity (Wildman–Crippen MR) is 89.5 cm³/mol. The Labute approximate surface area is 140 Å². The molecule has 1 fully saturated rings. The van der Waals surface area contributed by atoms with E-state index in [0.29, 0.717) is 11.5 Å². The third-order valence-electron chi connectivity index (χ3n) is 3.78. The zero-order chi connectivity index (χ0) is 16.4. The van der Waals surface area contributed by atoms with E-state index in [4.69, 9.17) is 11.6 Å². The lowest BCUT2D eigenvalue weighted by Crippen LogP contribution is -2.39. The van der Waals surface area contributed by atoms with Crippen molar-refractivity contribution in [2.24, 2.45) is 0 Å². The van der Waals surface area contributed by atoms with E-state index < -0.39 is 10.0 Å². The molecule has 1 aromatic carbocycles. The Morgan fingerprint density at radius 2 is 2.09 bits per heavy atom. The van der Waals surface area contributed by atoms with Gasteiger partial charge in [-0.2, -0.15) is 0 Å². The van der Waals surface area contributed by atoms with Crippen LogP contribution in [0.4, 0.5) is 11.5 Å². The molecular formula is C15H17ClN4O2S. The Bertz CT molecular complexity index is 822. The van der Waals surface area contributed by atoms with E-state index in [0.717, 1.165) is 24.8 Å². The van der Waals surface area contributed by atoms with Gasteiger partial charge in [0.1, 0.15) is 5.82 Å². The van der Waals surface area contributed by atoms with Gasteiger partial charge < -0.3 is 5.32 Å². The van der Waals surface area contributed by atoms with Gasteiger partial charge in [0, 0.05) is 23.5 Å². The molecule has 1 aromatic heterocycles. The second-order valence-corrected chi connectivity index (χ2v) is 7.62. The second kappa shape index (κ2) is 6.43. The van der Waals surface area contributed by atoms with Gasteiger partial charge in [-0.3, -0.25) is 0 Å². The average molecular weight is 353 g/mol. The molecule has 0 radical (unpaired) electrons. The maximum Gasteiger partial charge on any atom is 0.240 e. The quantitative estimate of drug-likeness (QED) is 0.808. The highest BCUT2D eigenvalue weighted by atomic mass is 35.5. The number of nitrogens with one attached hydrogen (secondary N) is 2. The van der Waals surface area contributed by atoms with Gasteiger partial charge in [-0.05, 0) is 49.6 Å². The van der Waals surface area contributed by atoms with E-state index >= 15 is 0 Å². The number of rotatable bonds is 5. The van der Waals surface area contributed by atoms with Gasteiger partial charge in [-0.15, -0.1) is 0 Å². The standard InChI is InChI=1S/C15H17ClN4O2S/c1-10-9-17-15(16)19-14(10)18-12-6-3-7-13(8-12)23(21,22)20-11-4-2-5-11/h3,6-9,11,20H,2,4-5H2,1H3,(H,17,18,19). The van der Waals surface area contributed by atoms with Gasteiger partial charge in [0.25, 0.3) is 0 Å². The molecule has 1 aliphatic carbocycles. The minimum Gasteiger partial charge on any atom is -0.340 e. The number of aryl methyl sites for hydroxylation is 1. The minimum atomic E-state index is -3.50. The molecule has 3 rings (SSSR count). The number of hydrogen-bond donors (Lipinski definition) is 2. The van der Waals surface area contributed by atoms with Crippen LogP contribution >= 0.6 is 11.6 Å². The first kappa shape index (κ1) is 16.2. The van der Waals surface area contributed by atoms with Crippen LogP contribution in [0, 0.1) is 6.92 Å². The molecule has 0 unspecified atom stereocenters. The highest BCUT2D eigenvalue weighted by Gasteiger charge is 2.24. The number of aromatic nitrogens is 2. The molecule has 122 valence electrons. The average Bonchev–Trinajstić information content (AvgIpc) is 2.47. The largest absolute Gasteiger partial charge is 0.340 e. The molecule has 2 N–H and O–H groups in total. The van der Waals surface area contributed by atoms with E-state index in [-0.39, 0.29) is 16.2 Å². The third-order valence-corrected chi connectivity index (χ3v) is 5.48. The first-order valence-electron chi connectivity index (χ1n) is 7.32. The number of benzene rings is 1. The van der Waals surface area contributed by atoms with Crippen molar-refractivity contribution in [2.75, 3.05) is 5.32 Å². The molecule has 0 atom stereocenters. The number of hydrogen-bond acceptors (Lipinski definition) is 5. The van der Waals surface area contributed by atoms with Crippen LogP contribution in [0.15, 0.2) is 35.4 Å². The Balaban J connectivity index is 1.83. The molecule has 1 heterocycles. The van der Waals surface area contributed by atoms with Crippen LogP contribution < -0.4 is 10.0 Å². The molecule has 0 aliphatic heterocycles. The van der Waals surface area contributed by atoms with Gasteiger partial charge >= 0.3 is 0 Å². The predicted octanol–water partition coefficient (Wildman–Crippen LogP) is 3.01. The highest BCUT2D eigenvalue weighted by Crippen LogP contribution is 2.24. The van der Waals surface area contributed by atoms with Gasteiger partial charge in [-0.25, -0.2) is 23.1 Å². The van der Waals surface area contributed by atoms with E-state index in [9.17, 15) is 8.42 Å². The number of halogens is 1. The van der Waals surface area contributed by atoms with Crippen molar-refractivity contribution < 1.29 is 8.42 Å². The van der Waals surface area contributed by atoms with Gasteiger partial charge in [0.05, 0.1) is 4.90 Å². The summed E-state index contributed by atoms with van der Waals surface area (Å²) in [4.78, 5) is 8.23. The van der Waals surface area contributed by atoms with Crippen LogP contribution in [-0.2, 0) is 10.0 Å². The van der Waals surface area contributed by atoms with Crippen molar-refractivity contribution >= 4 is 33.1 Å². The molecule has 0 spiro atoms. The Morgan fingerprint density at radius 1 is 1.30 bits per heavy atom. The summed E-state index contributed by atoms with van der Waals surface area (Å²) in [7, 11) is -3.50. The molecule has 0 bridgehead atoms. The Kier molecular flexibility index (Phi) is 4.52. The van der Waals surface area contributed by atoms with Crippen molar-refractivity contribution in [3.8, 4) is 0 Å². The lowest BCUT2D eigenvalue weighted by Gasteiger charge is -2.26. The second-order valence-electron chi connectivity index (χ2n) is 5.57. The molecule has 0 saturated heterocycles. The fourth-order valence-electron chi connectivity index (χ4n) is 2.24. The summed E-state index contributed by atoms with van der Waals surface area (Å²) >= 11 is 5.80. The van der Waals surface area contributed by atoms with Gasteiger partial charge in [0.2, 0.25) is 15.3 Å². The maximum atomic E-state index is 12.4. The maximum absolute atomic E-state index is 12.4. The summed E-state index contributed by atoms with van der Waals surface area (Å²) in [6.45, 7) is 1.84. The first-order valence-corrected chi connectivity index (χ1v) is 9.19. The fourth-order valence-corrected chi connectivity index (χ4v) is 3.72. The molecule has 6 nitrogen and oxygen atoms in total. The van der Waals surface area contributed by atoms with Crippen molar-refractivity contribution in [2.45, 2.75) is 37.1 Å². The van der Waals surface area contributed by atoms with E-state index in [1.165, 1.54) is 0 Å².